The molecular formula is C24H28F4O. The quantitative estimate of drug-likeness (QED) is 0.380. The van der Waals surface area contributed by atoms with Crippen molar-refractivity contribution < 1.29 is 22.7 Å². The first kappa shape index (κ1) is 21.8. The van der Waals surface area contributed by atoms with Crippen LogP contribution >= 0.6 is 0 Å². The van der Waals surface area contributed by atoms with E-state index in [-0.39, 0.29) is 11.5 Å². The summed E-state index contributed by atoms with van der Waals surface area (Å²) in [4.78, 5) is 0. The monoisotopic (exact) mass is 408 g/mol. The van der Waals surface area contributed by atoms with Crippen molar-refractivity contribution in [2.24, 2.45) is 5.92 Å². The molecule has 0 amide bonds. The minimum atomic E-state index is -1.77. The van der Waals surface area contributed by atoms with E-state index >= 15 is 0 Å². The van der Waals surface area contributed by atoms with Crippen LogP contribution in [0.15, 0.2) is 30.3 Å². The van der Waals surface area contributed by atoms with Crippen molar-refractivity contribution >= 4 is 0 Å². The van der Waals surface area contributed by atoms with Gasteiger partial charge >= 0.3 is 0 Å². The van der Waals surface area contributed by atoms with Crippen molar-refractivity contribution in [3.05, 3.63) is 70.3 Å². The molecule has 0 saturated heterocycles. The average Bonchev–Trinajstić information content (AvgIpc) is 2.67. The average molecular weight is 408 g/mol. The largest absolute Gasteiger partial charge is 0.383 e. The van der Waals surface area contributed by atoms with Gasteiger partial charge in [-0.2, -0.15) is 0 Å². The number of rotatable bonds is 7. The number of aliphatic hydroxyl groups is 1. The number of unbranched alkanes of at least 4 members (excludes halogenated alkanes) is 2. The van der Waals surface area contributed by atoms with E-state index in [0.29, 0.717) is 17.5 Å². The predicted octanol–water partition coefficient (Wildman–Crippen LogP) is 7.18. The molecule has 0 aromatic heterocycles. The van der Waals surface area contributed by atoms with Gasteiger partial charge in [-0.1, -0.05) is 32.6 Å². The van der Waals surface area contributed by atoms with Crippen molar-refractivity contribution in [3.63, 3.8) is 0 Å². The maximum absolute atomic E-state index is 14.7. The number of halogens is 4. The standard InChI is InChI=1S/C24H28F4O/c1-2-3-4-5-15-6-8-16(9-7-15)17-12-21(27)23(22(28)13-17)24(29)18-10-19(25)14-20(26)11-18/h10-16,24,29H,2-9H2,1H3. The van der Waals surface area contributed by atoms with Crippen LogP contribution in [0.5, 0.6) is 0 Å². The Hall–Kier alpha value is -1.88. The van der Waals surface area contributed by atoms with E-state index in [1.165, 1.54) is 37.8 Å². The lowest BCUT2D eigenvalue weighted by Gasteiger charge is -2.29. The molecule has 2 aromatic carbocycles. The first-order valence-electron chi connectivity index (χ1n) is 10.5. The Bertz CT molecular complexity index is 784. The van der Waals surface area contributed by atoms with Crippen molar-refractivity contribution in [3.8, 4) is 0 Å². The minimum absolute atomic E-state index is 0.0965. The fourth-order valence-electron chi connectivity index (χ4n) is 4.47. The van der Waals surface area contributed by atoms with Gasteiger partial charge in [0.15, 0.2) is 0 Å². The van der Waals surface area contributed by atoms with Crippen LogP contribution in [-0.4, -0.2) is 5.11 Å². The second-order valence-corrected chi connectivity index (χ2v) is 8.22. The summed E-state index contributed by atoms with van der Waals surface area (Å²) in [5, 5.41) is 10.3. The van der Waals surface area contributed by atoms with E-state index in [1.54, 1.807) is 0 Å². The van der Waals surface area contributed by atoms with Crippen molar-refractivity contribution in [2.45, 2.75) is 70.3 Å². The molecule has 0 spiro atoms. The third-order valence-corrected chi connectivity index (χ3v) is 6.11. The molecule has 1 aliphatic carbocycles. The van der Waals surface area contributed by atoms with Crippen LogP contribution in [0.25, 0.3) is 0 Å². The zero-order valence-electron chi connectivity index (χ0n) is 16.7. The molecule has 158 valence electrons. The van der Waals surface area contributed by atoms with Gasteiger partial charge in [-0.25, -0.2) is 17.6 Å². The van der Waals surface area contributed by atoms with Gasteiger partial charge in [0.05, 0.1) is 5.56 Å². The molecule has 1 nitrogen and oxygen atoms in total. The Morgan fingerprint density at radius 1 is 0.862 bits per heavy atom. The molecule has 2 aromatic rings. The molecule has 1 aliphatic rings. The van der Waals surface area contributed by atoms with Gasteiger partial charge in [0.2, 0.25) is 0 Å². The summed E-state index contributed by atoms with van der Waals surface area (Å²) in [6, 6.07) is 4.92. The van der Waals surface area contributed by atoms with E-state index in [2.05, 4.69) is 6.92 Å². The molecular weight excluding hydrogens is 380 g/mol. The summed E-state index contributed by atoms with van der Waals surface area (Å²) in [6.45, 7) is 2.19. The van der Waals surface area contributed by atoms with E-state index < -0.39 is 34.9 Å². The third-order valence-electron chi connectivity index (χ3n) is 6.11. The lowest BCUT2D eigenvalue weighted by Crippen LogP contribution is -2.15. The molecule has 0 bridgehead atoms. The SMILES string of the molecule is CCCCCC1CCC(c2cc(F)c(C(O)c3cc(F)cc(F)c3)c(F)c2)CC1. The van der Waals surface area contributed by atoms with Gasteiger partial charge in [-0.05, 0) is 72.9 Å². The Morgan fingerprint density at radius 2 is 1.45 bits per heavy atom. The summed E-state index contributed by atoms with van der Waals surface area (Å²) in [6.07, 6.45) is 7.04. The molecule has 3 rings (SSSR count). The van der Waals surface area contributed by atoms with E-state index in [1.807, 2.05) is 0 Å². The molecule has 5 heteroatoms. The summed E-state index contributed by atoms with van der Waals surface area (Å²) >= 11 is 0. The highest BCUT2D eigenvalue weighted by Gasteiger charge is 2.26. The van der Waals surface area contributed by atoms with E-state index in [9.17, 15) is 22.7 Å². The highest BCUT2D eigenvalue weighted by atomic mass is 19.1. The molecule has 1 N–H and O–H groups in total. The summed E-state index contributed by atoms with van der Waals surface area (Å²) in [5.74, 6) is -2.81. The van der Waals surface area contributed by atoms with Crippen LogP contribution in [0.1, 0.15) is 87.0 Å². The van der Waals surface area contributed by atoms with Crippen molar-refractivity contribution in [1.82, 2.24) is 0 Å². The molecule has 29 heavy (non-hydrogen) atoms. The third kappa shape index (κ3) is 5.39. The molecule has 1 unspecified atom stereocenters. The van der Waals surface area contributed by atoms with Crippen molar-refractivity contribution in [1.29, 1.82) is 0 Å². The Labute approximate surface area is 169 Å². The zero-order valence-corrected chi connectivity index (χ0v) is 16.7. The van der Waals surface area contributed by atoms with Crippen LogP contribution in [0.2, 0.25) is 0 Å². The maximum Gasteiger partial charge on any atom is 0.132 e. The second-order valence-electron chi connectivity index (χ2n) is 8.22. The highest BCUT2D eigenvalue weighted by Crippen LogP contribution is 2.39. The number of benzene rings is 2. The van der Waals surface area contributed by atoms with Gasteiger partial charge in [0.25, 0.3) is 0 Å². The van der Waals surface area contributed by atoms with Crippen LogP contribution in [0, 0.1) is 29.2 Å². The Kier molecular flexibility index (Phi) is 7.33. The topological polar surface area (TPSA) is 20.2 Å². The second kappa shape index (κ2) is 9.75. The fraction of sp³-hybridized carbons (Fsp3) is 0.500. The number of hydrogen-bond donors (Lipinski definition) is 1. The van der Waals surface area contributed by atoms with Crippen LogP contribution in [0.4, 0.5) is 17.6 Å². The number of aliphatic hydroxyl groups excluding tert-OH is 1. The minimum Gasteiger partial charge on any atom is -0.383 e. The normalized spacial score (nSPS) is 20.6. The molecule has 1 atom stereocenters. The van der Waals surface area contributed by atoms with Gasteiger partial charge < -0.3 is 5.11 Å². The van der Waals surface area contributed by atoms with Gasteiger partial charge in [0, 0.05) is 6.07 Å². The number of hydrogen-bond acceptors (Lipinski definition) is 1. The molecule has 0 heterocycles. The maximum atomic E-state index is 14.7. The molecule has 0 radical (unpaired) electrons. The Balaban J connectivity index is 1.73. The summed E-state index contributed by atoms with van der Waals surface area (Å²) in [5.41, 5.74) is -0.207. The fourth-order valence-corrected chi connectivity index (χ4v) is 4.47. The summed E-state index contributed by atoms with van der Waals surface area (Å²) < 4.78 is 56.2. The van der Waals surface area contributed by atoms with Gasteiger partial charge in [-0.15, -0.1) is 0 Å². The lowest BCUT2D eigenvalue weighted by molar-refractivity contribution is 0.207. The van der Waals surface area contributed by atoms with Crippen LogP contribution in [0.3, 0.4) is 0 Å². The first-order chi connectivity index (χ1) is 13.9. The molecule has 0 aliphatic heterocycles. The zero-order chi connectivity index (χ0) is 21.0. The predicted molar refractivity (Wildman–Crippen MR) is 106 cm³/mol. The van der Waals surface area contributed by atoms with E-state index in [4.69, 9.17) is 0 Å². The molecule has 1 saturated carbocycles. The highest BCUT2D eigenvalue weighted by molar-refractivity contribution is 5.36. The van der Waals surface area contributed by atoms with Crippen LogP contribution in [-0.2, 0) is 0 Å². The van der Waals surface area contributed by atoms with Crippen LogP contribution < -0.4 is 0 Å². The smallest absolute Gasteiger partial charge is 0.132 e. The molecule has 1 fully saturated rings. The lowest BCUT2D eigenvalue weighted by atomic mass is 9.76. The summed E-state index contributed by atoms with van der Waals surface area (Å²) in [7, 11) is 0. The van der Waals surface area contributed by atoms with Gasteiger partial charge in [-0.3, -0.25) is 0 Å². The Morgan fingerprint density at radius 3 is 2.00 bits per heavy atom. The van der Waals surface area contributed by atoms with Crippen molar-refractivity contribution in [2.75, 3.05) is 0 Å². The first-order valence-corrected chi connectivity index (χ1v) is 10.5. The van der Waals surface area contributed by atoms with Gasteiger partial charge in [0.1, 0.15) is 29.4 Å². The van der Waals surface area contributed by atoms with E-state index in [0.717, 1.165) is 37.8 Å².